The quantitative estimate of drug-likeness (QED) is 0.840. The molecule has 0 bridgehead atoms. The first-order valence-corrected chi connectivity index (χ1v) is 8.92. The van der Waals surface area contributed by atoms with Crippen molar-refractivity contribution in [1.29, 1.82) is 0 Å². The zero-order valence-corrected chi connectivity index (χ0v) is 13.6. The van der Waals surface area contributed by atoms with E-state index in [1.54, 1.807) is 11.4 Å². The topological polar surface area (TPSA) is 58.2 Å². The number of hydrogen-bond donors (Lipinski definition) is 2. The van der Waals surface area contributed by atoms with E-state index in [4.69, 9.17) is 11.6 Å². The SMILES string of the molecule is CCNCc1csc(S(=O)(=O)Nc2cc(Cl)ccc2F)c1. The van der Waals surface area contributed by atoms with Crippen LogP contribution in [0.5, 0.6) is 0 Å². The molecule has 8 heteroatoms. The Hall–Kier alpha value is -1.15. The molecule has 0 saturated heterocycles. The second kappa shape index (κ2) is 6.74. The van der Waals surface area contributed by atoms with Gasteiger partial charge in [0.05, 0.1) is 5.69 Å². The molecule has 0 radical (unpaired) electrons. The van der Waals surface area contributed by atoms with E-state index in [-0.39, 0.29) is 14.9 Å². The summed E-state index contributed by atoms with van der Waals surface area (Å²) in [4.78, 5) is 0. The lowest BCUT2D eigenvalue weighted by molar-refractivity contribution is 0.600. The van der Waals surface area contributed by atoms with Crippen LogP contribution in [0.4, 0.5) is 10.1 Å². The van der Waals surface area contributed by atoms with E-state index < -0.39 is 15.8 Å². The van der Waals surface area contributed by atoms with Gasteiger partial charge in [-0.2, -0.15) is 0 Å². The molecule has 1 heterocycles. The fourth-order valence-electron chi connectivity index (χ4n) is 1.63. The molecule has 0 aliphatic heterocycles. The Morgan fingerprint density at radius 2 is 2.10 bits per heavy atom. The molecule has 2 rings (SSSR count). The van der Waals surface area contributed by atoms with E-state index in [0.717, 1.165) is 29.5 Å². The van der Waals surface area contributed by atoms with Crippen LogP contribution in [0.1, 0.15) is 12.5 Å². The molecule has 0 amide bonds. The zero-order valence-electron chi connectivity index (χ0n) is 11.2. The molecule has 0 unspecified atom stereocenters. The van der Waals surface area contributed by atoms with Crippen molar-refractivity contribution in [3.8, 4) is 0 Å². The number of halogens is 2. The van der Waals surface area contributed by atoms with Crippen molar-refractivity contribution in [2.24, 2.45) is 0 Å². The lowest BCUT2D eigenvalue weighted by Gasteiger charge is -2.07. The Bertz CT molecular complexity index is 732. The number of sulfonamides is 1. The minimum Gasteiger partial charge on any atom is -0.313 e. The van der Waals surface area contributed by atoms with Gasteiger partial charge in [-0.15, -0.1) is 11.3 Å². The summed E-state index contributed by atoms with van der Waals surface area (Å²) >= 11 is 6.84. The largest absolute Gasteiger partial charge is 0.313 e. The van der Waals surface area contributed by atoms with E-state index in [9.17, 15) is 12.8 Å². The third-order valence-electron chi connectivity index (χ3n) is 2.65. The minimum atomic E-state index is -3.81. The lowest BCUT2D eigenvalue weighted by atomic mass is 10.3. The zero-order chi connectivity index (χ0) is 15.5. The van der Waals surface area contributed by atoms with Gasteiger partial charge in [0.1, 0.15) is 10.0 Å². The molecule has 1 aromatic heterocycles. The molecular weight excluding hydrogens is 335 g/mol. The third kappa shape index (κ3) is 4.16. The van der Waals surface area contributed by atoms with Crippen molar-refractivity contribution in [2.45, 2.75) is 17.7 Å². The van der Waals surface area contributed by atoms with Crippen molar-refractivity contribution in [3.63, 3.8) is 0 Å². The van der Waals surface area contributed by atoms with Crippen LogP contribution < -0.4 is 10.0 Å². The average Bonchev–Trinajstić information content (AvgIpc) is 2.90. The van der Waals surface area contributed by atoms with Crippen LogP contribution in [-0.2, 0) is 16.6 Å². The van der Waals surface area contributed by atoms with Crippen molar-refractivity contribution < 1.29 is 12.8 Å². The van der Waals surface area contributed by atoms with Gasteiger partial charge in [-0.25, -0.2) is 12.8 Å². The summed E-state index contributed by atoms with van der Waals surface area (Å²) in [6, 6.07) is 5.28. The molecule has 2 aromatic rings. The Labute approximate surface area is 132 Å². The summed E-state index contributed by atoms with van der Waals surface area (Å²) in [6.07, 6.45) is 0. The van der Waals surface area contributed by atoms with Crippen molar-refractivity contribution >= 4 is 38.6 Å². The third-order valence-corrected chi connectivity index (χ3v) is 5.74. The molecule has 0 atom stereocenters. The first-order valence-electron chi connectivity index (χ1n) is 6.18. The van der Waals surface area contributed by atoms with Crippen molar-refractivity contribution in [1.82, 2.24) is 5.32 Å². The summed E-state index contributed by atoms with van der Waals surface area (Å²) in [7, 11) is -3.81. The number of thiophene rings is 1. The molecule has 21 heavy (non-hydrogen) atoms. The number of anilines is 1. The normalized spacial score (nSPS) is 11.6. The van der Waals surface area contributed by atoms with E-state index in [1.165, 1.54) is 12.1 Å². The van der Waals surface area contributed by atoms with Gasteiger partial charge >= 0.3 is 0 Å². The number of nitrogens with one attached hydrogen (secondary N) is 2. The maximum atomic E-state index is 13.6. The lowest BCUT2D eigenvalue weighted by Crippen LogP contribution is -2.13. The minimum absolute atomic E-state index is 0.134. The van der Waals surface area contributed by atoms with E-state index in [2.05, 4.69) is 10.0 Å². The van der Waals surface area contributed by atoms with Crippen molar-refractivity contribution in [3.05, 3.63) is 46.0 Å². The molecule has 0 saturated carbocycles. The van der Waals surface area contributed by atoms with Gasteiger partial charge in [-0.05, 0) is 41.8 Å². The molecule has 0 aliphatic carbocycles. The smallest absolute Gasteiger partial charge is 0.271 e. The highest BCUT2D eigenvalue weighted by Gasteiger charge is 2.18. The molecule has 0 fully saturated rings. The molecule has 2 N–H and O–H groups in total. The Morgan fingerprint density at radius 1 is 1.33 bits per heavy atom. The fraction of sp³-hybridized carbons (Fsp3) is 0.231. The van der Waals surface area contributed by atoms with Gasteiger partial charge in [-0.3, -0.25) is 4.72 Å². The first-order chi connectivity index (χ1) is 9.92. The van der Waals surface area contributed by atoms with Gasteiger partial charge in [0, 0.05) is 11.6 Å². The molecule has 0 aliphatic rings. The van der Waals surface area contributed by atoms with Gasteiger partial charge in [0.2, 0.25) is 0 Å². The summed E-state index contributed by atoms with van der Waals surface area (Å²) in [5.41, 5.74) is 0.706. The standard InChI is InChI=1S/C13H14ClFN2O2S2/c1-2-16-7-9-5-13(20-8-9)21(18,19)17-12-6-10(14)3-4-11(12)15/h3-6,8,16-17H,2,7H2,1H3. The van der Waals surface area contributed by atoms with Crippen LogP contribution in [0.3, 0.4) is 0 Å². The second-order valence-corrected chi connectivity index (χ2v) is 7.54. The van der Waals surface area contributed by atoms with E-state index in [1.807, 2.05) is 6.92 Å². The number of rotatable bonds is 6. The maximum absolute atomic E-state index is 13.6. The Balaban J connectivity index is 2.22. The number of benzene rings is 1. The molecule has 114 valence electrons. The van der Waals surface area contributed by atoms with Gasteiger partial charge in [0.15, 0.2) is 0 Å². The van der Waals surface area contributed by atoms with E-state index >= 15 is 0 Å². The molecule has 0 spiro atoms. The van der Waals surface area contributed by atoms with Crippen LogP contribution >= 0.6 is 22.9 Å². The van der Waals surface area contributed by atoms with Gasteiger partial charge < -0.3 is 5.32 Å². The molecule has 1 aromatic carbocycles. The second-order valence-electron chi connectivity index (χ2n) is 4.28. The highest BCUT2D eigenvalue weighted by Crippen LogP contribution is 2.26. The summed E-state index contributed by atoms with van der Waals surface area (Å²) in [6.45, 7) is 3.35. The summed E-state index contributed by atoms with van der Waals surface area (Å²) in [5.74, 6) is -0.674. The maximum Gasteiger partial charge on any atom is 0.271 e. The van der Waals surface area contributed by atoms with Crippen LogP contribution in [0.15, 0.2) is 33.9 Å². The fourth-order valence-corrected chi connectivity index (χ4v) is 4.07. The summed E-state index contributed by atoms with van der Waals surface area (Å²) in [5, 5.41) is 5.12. The van der Waals surface area contributed by atoms with Gasteiger partial charge in [-0.1, -0.05) is 18.5 Å². The Kier molecular flexibility index (Phi) is 5.21. The van der Waals surface area contributed by atoms with Crippen LogP contribution in [0.25, 0.3) is 0 Å². The monoisotopic (exact) mass is 348 g/mol. The van der Waals surface area contributed by atoms with E-state index in [0.29, 0.717) is 6.54 Å². The molecule has 4 nitrogen and oxygen atoms in total. The highest BCUT2D eigenvalue weighted by atomic mass is 35.5. The van der Waals surface area contributed by atoms with Crippen molar-refractivity contribution in [2.75, 3.05) is 11.3 Å². The van der Waals surface area contributed by atoms with Crippen LogP contribution in [0, 0.1) is 5.82 Å². The number of hydrogen-bond acceptors (Lipinski definition) is 4. The van der Waals surface area contributed by atoms with Crippen LogP contribution in [0.2, 0.25) is 5.02 Å². The first kappa shape index (κ1) is 16.2. The summed E-state index contributed by atoms with van der Waals surface area (Å²) < 4.78 is 40.4. The van der Waals surface area contributed by atoms with Crippen LogP contribution in [-0.4, -0.2) is 15.0 Å². The van der Waals surface area contributed by atoms with Gasteiger partial charge in [0.25, 0.3) is 10.0 Å². The predicted octanol–water partition coefficient (Wildman–Crippen LogP) is 3.45. The average molecular weight is 349 g/mol. The predicted molar refractivity (Wildman–Crippen MR) is 83.9 cm³/mol. The Morgan fingerprint density at radius 3 is 2.81 bits per heavy atom. The highest BCUT2D eigenvalue weighted by molar-refractivity contribution is 7.94. The molecular formula is C13H14ClFN2O2S2.